The summed E-state index contributed by atoms with van der Waals surface area (Å²) in [7, 11) is 0. The largest absolute Gasteiger partial charge is 0.202 e. The molecule has 0 N–H and O–H groups in total. The van der Waals surface area contributed by atoms with E-state index >= 15 is 0 Å². The maximum absolute atomic E-state index is 2.38. The molecule has 4 rings (SSSR count). The highest BCUT2D eigenvalue weighted by Crippen LogP contribution is 2.34. The molecule has 0 atom stereocenters. The summed E-state index contributed by atoms with van der Waals surface area (Å²) in [5.74, 6) is 0. The highest BCUT2D eigenvalue weighted by molar-refractivity contribution is 6.17. The average molecular weight is 328 g/mol. The number of fused-ring (bicyclic) bond motifs is 5. The lowest BCUT2D eigenvalue weighted by Gasteiger charge is -2.20. The van der Waals surface area contributed by atoms with Gasteiger partial charge in [-0.25, -0.2) is 4.57 Å². The van der Waals surface area contributed by atoms with Crippen LogP contribution in [0.25, 0.3) is 32.3 Å². The van der Waals surface area contributed by atoms with Crippen LogP contribution in [0.3, 0.4) is 0 Å². The molecule has 0 amide bonds. The zero-order valence-corrected chi connectivity index (χ0v) is 15.9. The molecule has 25 heavy (non-hydrogen) atoms. The average Bonchev–Trinajstić information content (AvgIpc) is 2.60. The number of benzene rings is 3. The van der Waals surface area contributed by atoms with Crippen LogP contribution in [-0.4, -0.2) is 0 Å². The fourth-order valence-corrected chi connectivity index (χ4v) is 3.89. The van der Waals surface area contributed by atoms with Gasteiger partial charge in [0.15, 0.2) is 11.9 Å². The normalized spacial score (nSPS) is 12.4. The van der Waals surface area contributed by atoms with Gasteiger partial charge in [0.2, 0.25) is 0 Å². The summed E-state index contributed by atoms with van der Waals surface area (Å²) in [5.41, 5.74) is 2.89. The van der Waals surface area contributed by atoms with Crippen LogP contribution in [0.15, 0.2) is 54.7 Å². The molecule has 1 heteroatoms. The summed E-state index contributed by atoms with van der Waals surface area (Å²) in [6.45, 7) is 12.3. The van der Waals surface area contributed by atoms with Crippen molar-refractivity contribution in [3.63, 3.8) is 0 Å². The van der Waals surface area contributed by atoms with Gasteiger partial charge in [-0.05, 0) is 45.5 Å². The summed E-state index contributed by atoms with van der Waals surface area (Å²) >= 11 is 0. The second kappa shape index (κ2) is 5.56. The maximum atomic E-state index is 2.38. The molecule has 0 radical (unpaired) electrons. The fraction of sp³-hybridized carbons (Fsp3) is 0.292. The van der Waals surface area contributed by atoms with E-state index in [4.69, 9.17) is 0 Å². The van der Waals surface area contributed by atoms with Gasteiger partial charge in [-0.2, -0.15) is 0 Å². The van der Waals surface area contributed by atoms with Crippen LogP contribution in [0, 0.1) is 6.92 Å². The predicted octanol–water partition coefficient (Wildman–Crippen LogP) is 6.06. The summed E-state index contributed by atoms with van der Waals surface area (Å²) < 4.78 is 2.31. The molecule has 0 saturated heterocycles. The molecule has 4 aromatic rings. The summed E-state index contributed by atoms with van der Waals surface area (Å²) in [6, 6.07) is 18.3. The first kappa shape index (κ1) is 16.1. The van der Waals surface area contributed by atoms with Crippen molar-refractivity contribution in [3.8, 4) is 0 Å². The van der Waals surface area contributed by atoms with Crippen LogP contribution in [0.4, 0.5) is 0 Å². The van der Waals surface area contributed by atoms with E-state index in [1.54, 1.807) is 0 Å². The number of aromatic nitrogens is 1. The van der Waals surface area contributed by atoms with Crippen molar-refractivity contribution in [2.45, 2.75) is 46.6 Å². The van der Waals surface area contributed by atoms with E-state index in [1.165, 1.54) is 43.6 Å². The van der Waals surface area contributed by atoms with Crippen LogP contribution in [0.5, 0.6) is 0 Å². The third kappa shape index (κ3) is 2.50. The van der Waals surface area contributed by atoms with Crippen LogP contribution >= 0.6 is 0 Å². The monoisotopic (exact) mass is 328 g/mol. The van der Waals surface area contributed by atoms with Gasteiger partial charge < -0.3 is 0 Å². The molecule has 1 heterocycles. The molecule has 3 aromatic carbocycles. The Morgan fingerprint density at radius 2 is 1.36 bits per heavy atom. The number of rotatable bonds is 1. The third-order valence-electron chi connectivity index (χ3n) is 5.51. The van der Waals surface area contributed by atoms with Crippen molar-refractivity contribution < 1.29 is 4.57 Å². The van der Waals surface area contributed by atoms with Gasteiger partial charge in [0.25, 0.3) is 0 Å². The standard InChI is InChI=1S/C24H26N/c1-6-25-14-13-22-19(16(25)2)11-12-21-20(22)10-8-17-7-9-18(15-23(17)21)24(3,4)5/h7-15H,6H2,1-5H3/q+1. The lowest BCUT2D eigenvalue weighted by molar-refractivity contribution is -0.698. The van der Waals surface area contributed by atoms with Crippen LogP contribution in [0.1, 0.15) is 39.0 Å². The van der Waals surface area contributed by atoms with Crippen LogP contribution in [-0.2, 0) is 12.0 Å². The molecular formula is C24H26N+. The van der Waals surface area contributed by atoms with E-state index in [-0.39, 0.29) is 5.41 Å². The number of pyridine rings is 1. The molecule has 0 spiro atoms. The Balaban J connectivity index is 2.11. The first-order valence-corrected chi connectivity index (χ1v) is 9.19. The van der Waals surface area contributed by atoms with Gasteiger partial charge in [-0.15, -0.1) is 0 Å². The highest BCUT2D eigenvalue weighted by Gasteiger charge is 2.16. The fourth-order valence-electron chi connectivity index (χ4n) is 3.89. The van der Waals surface area contributed by atoms with Gasteiger partial charge in [0.05, 0.1) is 0 Å². The maximum Gasteiger partial charge on any atom is 0.186 e. The van der Waals surface area contributed by atoms with Gasteiger partial charge in [0.1, 0.15) is 6.54 Å². The minimum Gasteiger partial charge on any atom is -0.202 e. The zero-order chi connectivity index (χ0) is 17.8. The van der Waals surface area contributed by atoms with E-state index in [0.717, 1.165) is 6.54 Å². The van der Waals surface area contributed by atoms with Crippen molar-refractivity contribution in [3.05, 3.63) is 66.0 Å². The quantitative estimate of drug-likeness (QED) is 0.295. The number of nitrogens with zero attached hydrogens (tertiary/aromatic N) is 1. The summed E-state index contributed by atoms with van der Waals surface area (Å²) in [5, 5.41) is 8.07. The molecule has 1 nitrogen and oxygen atoms in total. The summed E-state index contributed by atoms with van der Waals surface area (Å²) in [6.07, 6.45) is 2.22. The minimum absolute atomic E-state index is 0.163. The Morgan fingerprint density at radius 3 is 2.08 bits per heavy atom. The molecule has 126 valence electrons. The third-order valence-corrected chi connectivity index (χ3v) is 5.51. The summed E-state index contributed by atoms with van der Waals surface area (Å²) in [4.78, 5) is 0. The molecule has 0 aliphatic heterocycles. The second-order valence-corrected chi connectivity index (χ2v) is 8.06. The lowest BCUT2D eigenvalue weighted by atomic mass is 9.85. The molecule has 0 aliphatic rings. The Hall–Kier alpha value is -2.41. The Labute approximate surface area is 149 Å². The van der Waals surface area contributed by atoms with Crippen molar-refractivity contribution >= 4 is 32.3 Å². The molecule has 0 aliphatic carbocycles. The highest BCUT2D eigenvalue weighted by atomic mass is 14.9. The molecule has 0 unspecified atom stereocenters. The zero-order valence-electron chi connectivity index (χ0n) is 15.9. The number of aryl methyl sites for hydroxylation is 2. The van der Waals surface area contributed by atoms with E-state index in [9.17, 15) is 0 Å². The number of hydrogen-bond acceptors (Lipinski definition) is 0. The second-order valence-electron chi connectivity index (χ2n) is 8.06. The number of hydrogen-bond donors (Lipinski definition) is 0. The topological polar surface area (TPSA) is 3.88 Å². The van der Waals surface area contributed by atoms with Gasteiger partial charge in [0, 0.05) is 23.8 Å². The van der Waals surface area contributed by atoms with E-state index in [1.807, 2.05) is 0 Å². The van der Waals surface area contributed by atoms with Crippen molar-refractivity contribution in [1.82, 2.24) is 0 Å². The first-order valence-electron chi connectivity index (χ1n) is 9.19. The van der Waals surface area contributed by atoms with Crippen molar-refractivity contribution in [2.24, 2.45) is 0 Å². The van der Waals surface area contributed by atoms with Gasteiger partial charge >= 0.3 is 0 Å². The van der Waals surface area contributed by atoms with Crippen LogP contribution < -0.4 is 4.57 Å². The molecule has 0 bridgehead atoms. The molecule has 1 aromatic heterocycles. The van der Waals surface area contributed by atoms with Crippen LogP contribution in [0.2, 0.25) is 0 Å². The minimum atomic E-state index is 0.163. The Bertz CT molecular complexity index is 1110. The molecule has 0 fully saturated rings. The lowest BCUT2D eigenvalue weighted by Crippen LogP contribution is -2.35. The molecule has 0 saturated carbocycles. The Kier molecular flexibility index (Phi) is 3.57. The van der Waals surface area contributed by atoms with Gasteiger partial charge in [-0.1, -0.05) is 57.2 Å². The SMILES string of the molecule is CC[n+]1ccc2c(ccc3c4cc(C(C)(C)C)ccc4ccc23)c1C. The van der Waals surface area contributed by atoms with Gasteiger partial charge in [-0.3, -0.25) is 0 Å². The Morgan fingerprint density at radius 1 is 0.760 bits per heavy atom. The van der Waals surface area contributed by atoms with E-state index in [2.05, 4.69) is 93.9 Å². The van der Waals surface area contributed by atoms with Crippen molar-refractivity contribution in [1.29, 1.82) is 0 Å². The van der Waals surface area contributed by atoms with E-state index < -0.39 is 0 Å². The smallest absolute Gasteiger partial charge is 0.186 e. The first-order chi connectivity index (χ1) is 11.9. The predicted molar refractivity (Wildman–Crippen MR) is 108 cm³/mol. The van der Waals surface area contributed by atoms with Crippen molar-refractivity contribution in [2.75, 3.05) is 0 Å². The molecular weight excluding hydrogens is 302 g/mol. The van der Waals surface area contributed by atoms with E-state index in [0.29, 0.717) is 0 Å².